The topological polar surface area (TPSA) is 64.3 Å². The lowest BCUT2D eigenvalue weighted by Gasteiger charge is -2.19. The normalized spacial score (nSPS) is 19.8. The molecule has 18 heavy (non-hydrogen) atoms. The van der Waals surface area contributed by atoms with Crippen LogP contribution in [0.15, 0.2) is 6.07 Å². The van der Waals surface area contributed by atoms with Gasteiger partial charge in [0.15, 0.2) is 5.82 Å². The summed E-state index contributed by atoms with van der Waals surface area (Å²) in [4.78, 5) is 11.0. The fourth-order valence-corrected chi connectivity index (χ4v) is 2.40. The third kappa shape index (κ3) is 2.90. The Hall–Kier alpha value is -1.36. The van der Waals surface area contributed by atoms with Crippen molar-refractivity contribution in [2.24, 2.45) is 11.8 Å². The van der Waals surface area contributed by atoms with E-state index < -0.39 is 0 Å². The van der Waals surface area contributed by atoms with Gasteiger partial charge in [-0.05, 0) is 18.3 Å². The molecule has 2 heterocycles. The van der Waals surface area contributed by atoms with Gasteiger partial charge < -0.3 is 15.4 Å². The fraction of sp³-hybridized carbons (Fsp3) is 0.692. The molecule has 0 aromatic carbocycles. The van der Waals surface area contributed by atoms with E-state index in [2.05, 4.69) is 28.7 Å². The molecule has 1 aromatic rings. The van der Waals surface area contributed by atoms with Gasteiger partial charge in [-0.2, -0.15) is 0 Å². The Morgan fingerprint density at radius 1 is 1.50 bits per heavy atom. The fourth-order valence-electron chi connectivity index (χ4n) is 2.40. The van der Waals surface area contributed by atoms with Crippen LogP contribution < -0.4 is 10.6 Å². The molecule has 2 rings (SSSR count). The molecule has 0 radical (unpaired) electrons. The van der Waals surface area contributed by atoms with Crippen molar-refractivity contribution in [3.8, 4) is 0 Å². The number of methoxy groups -OCH3 is 1. The lowest BCUT2D eigenvalue weighted by atomic mass is 9.95. The number of nitrogens with two attached hydrogens (primary N) is 1. The minimum atomic E-state index is 0.402. The van der Waals surface area contributed by atoms with Gasteiger partial charge in [-0.3, -0.25) is 0 Å². The summed E-state index contributed by atoms with van der Waals surface area (Å²) in [5, 5.41) is 0. The first kappa shape index (κ1) is 13.1. The van der Waals surface area contributed by atoms with Gasteiger partial charge in [0.2, 0.25) is 0 Å². The Balaban J connectivity index is 2.13. The van der Waals surface area contributed by atoms with Gasteiger partial charge in [-0.15, -0.1) is 0 Å². The van der Waals surface area contributed by atoms with Crippen molar-refractivity contribution in [1.82, 2.24) is 9.97 Å². The highest BCUT2D eigenvalue weighted by atomic mass is 16.5. The van der Waals surface area contributed by atoms with Crippen molar-refractivity contribution in [2.75, 3.05) is 30.8 Å². The zero-order valence-corrected chi connectivity index (χ0v) is 11.4. The number of aromatic nitrogens is 2. The SMILES string of the molecule is COCc1nc(N)cc(N2CCC(C(C)C)C2)n1. The Bertz CT molecular complexity index is 408. The van der Waals surface area contributed by atoms with Crippen LogP contribution in [-0.4, -0.2) is 30.2 Å². The summed E-state index contributed by atoms with van der Waals surface area (Å²) in [6.07, 6.45) is 1.22. The van der Waals surface area contributed by atoms with E-state index in [9.17, 15) is 0 Å². The third-order valence-corrected chi connectivity index (χ3v) is 3.54. The van der Waals surface area contributed by atoms with E-state index in [4.69, 9.17) is 10.5 Å². The van der Waals surface area contributed by atoms with E-state index >= 15 is 0 Å². The lowest BCUT2D eigenvalue weighted by Crippen LogP contribution is -2.23. The number of hydrogen-bond acceptors (Lipinski definition) is 5. The second-order valence-corrected chi connectivity index (χ2v) is 5.24. The zero-order valence-electron chi connectivity index (χ0n) is 11.4. The minimum absolute atomic E-state index is 0.402. The molecule has 0 saturated carbocycles. The lowest BCUT2D eigenvalue weighted by molar-refractivity contribution is 0.178. The van der Waals surface area contributed by atoms with Gasteiger partial charge in [0.1, 0.15) is 18.2 Å². The summed E-state index contributed by atoms with van der Waals surface area (Å²) in [6.45, 7) is 7.06. The Morgan fingerprint density at radius 3 is 2.89 bits per heavy atom. The highest BCUT2D eigenvalue weighted by Gasteiger charge is 2.26. The van der Waals surface area contributed by atoms with E-state index in [1.165, 1.54) is 6.42 Å². The van der Waals surface area contributed by atoms with Crippen LogP contribution in [0, 0.1) is 11.8 Å². The molecule has 2 N–H and O–H groups in total. The molecule has 5 nitrogen and oxygen atoms in total. The predicted molar refractivity (Wildman–Crippen MR) is 72.3 cm³/mol. The minimum Gasteiger partial charge on any atom is -0.384 e. The zero-order chi connectivity index (χ0) is 13.1. The smallest absolute Gasteiger partial charge is 0.158 e. The third-order valence-electron chi connectivity index (χ3n) is 3.54. The van der Waals surface area contributed by atoms with Gasteiger partial charge in [0, 0.05) is 26.3 Å². The van der Waals surface area contributed by atoms with Crippen molar-refractivity contribution < 1.29 is 4.74 Å². The standard InChI is InChI=1S/C13H22N4O/c1-9(2)10-4-5-17(7-10)13-6-11(14)15-12(16-13)8-18-3/h6,9-10H,4-5,7-8H2,1-3H3,(H2,14,15,16). The monoisotopic (exact) mass is 250 g/mol. The summed E-state index contributed by atoms with van der Waals surface area (Å²) >= 11 is 0. The molecule has 5 heteroatoms. The number of ether oxygens (including phenoxy) is 1. The van der Waals surface area contributed by atoms with Crippen LogP contribution in [-0.2, 0) is 11.3 Å². The molecule has 1 unspecified atom stereocenters. The molecule has 1 aliphatic rings. The molecule has 0 amide bonds. The van der Waals surface area contributed by atoms with Crippen molar-refractivity contribution in [3.05, 3.63) is 11.9 Å². The maximum Gasteiger partial charge on any atom is 0.158 e. The van der Waals surface area contributed by atoms with E-state index in [0.717, 1.165) is 24.8 Å². The van der Waals surface area contributed by atoms with Gasteiger partial charge in [-0.25, -0.2) is 9.97 Å². The summed E-state index contributed by atoms with van der Waals surface area (Å²) in [5.41, 5.74) is 5.82. The van der Waals surface area contributed by atoms with E-state index in [0.29, 0.717) is 24.2 Å². The Kier molecular flexibility index (Phi) is 4.01. The van der Waals surface area contributed by atoms with Crippen LogP contribution >= 0.6 is 0 Å². The Labute approximate surface area is 108 Å². The first-order valence-electron chi connectivity index (χ1n) is 6.47. The second kappa shape index (κ2) is 5.52. The molecule has 1 aromatic heterocycles. The summed E-state index contributed by atoms with van der Waals surface area (Å²) in [7, 11) is 1.64. The van der Waals surface area contributed by atoms with Gasteiger partial charge in [0.25, 0.3) is 0 Å². The average Bonchev–Trinajstić information content (AvgIpc) is 2.78. The number of nitrogens with zero attached hydrogens (tertiary/aromatic N) is 3. The average molecular weight is 250 g/mol. The maximum absolute atomic E-state index is 5.82. The van der Waals surface area contributed by atoms with Crippen LogP contribution in [0.4, 0.5) is 11.6 Å². The summed E-state index contributed by atoms with van der Waals surface area (Å²) < 4.78 is 5.06. The number of anilines is 2. The van der Waals surface area contributed by atoms with Crippen molar-refractivity contribution in [2.45, 2.75) is 26.9 Å². The highest BCUT2D eigenvalue weighted by molar-refractivity contribution is 5.47. The highest BCUT2D eigenvalue weighted by Crippen LogP contribution is 2.27. The van der Waals surface area contributed by atoms with E-state index in [1.807, 2.05) is 6.07 Å². The van der Waals surface area contributed by atoms with Crippen molar-refractivity contribution in [1.29, 1.82) is 0 Å². The van der Waals surface area contributed by atoms with E-state index in [1.54, 1.807) is 7.11 Å². The number of nitrogen functional groups attached to an aromatic ring is 1. The molecule has 0 spiro atoms. The number of hydrogen-bond donors (Lipinski definition) is 1. The molecule has 1 fully saturated rings. The molecule has 0 aliphatic carbocycles. The van der Waals surface area contributed by atoms with Gasteiger partial charge >= 0.3 is 0 Å². The van der Waals surface area contributed by atoms with Crippen LogP contribution in [0.25, 0.3) is 0 Å². The molecular weight excluding hydrogens is 228 g/mol. The Morgan fingerprint density at radius 2 is 2.28 bits per heavy atom. The van der Waals surface area contributed by atoms with Crippen LogP contribution in [0.3, 0.4) is 0 Å². The summed E-state index contributed by atoms with van der Waals surface area (Å²) in [6, 6.07) is 1.85. The molecule has 0 bridgehead atoms. The first-order chi connectivity index (χ1) is 8.60. The predicted octanol–water partition coefficient (Wildman–Crippen LogP) is 1.69. The maximum atomic E-state index is 5.82. The van der Waals surface area contributed by atoms with Crippen molar-refractivity contribution >= 4 is 11.6 Å². The molecule has 100 valence electrons. The van der Waals surface area contributed by atoms with Crippen LogP contribution in [0.5, 0.6) is 0 Å². The second-order valence-electron chi connectivity index (χ2n) is 5.24. The van der Waals surface area contributed by atoms with Gasteiger partial charge in [0.05, 0.1) is 0 Å². The molecule has 1 aliphatic heterocycles. The quantitative estimate of drug-likeness (QED) is 0.881. The molecule has 1 saturated heterocycles. The number of rotatable bonds is 4. The molecular formula is C13H22N4O. The van der Waals surface area contributed by atoms with Crippen LogP contribution in [0.2, 0.25) is 0 Å². The largest absolute Gasteiger partial charge is 0.384 e. The first-order valence-corrected chi connectivity index (χ1v) is 6.47. The van der Waals surface area contributed by atoms with E-state index in [-0.39, 0.29) is 0 Å². The van der Waals surface area contributed by atoms with Gasteiger partial charge in [-0.1, -0.05) is 13.8 Å². The summed E-state index contributed by atoms with van der Waals surface area (Å²) in [5.74, 6) is 3.55. The molecule has 1 atom stereocenters. The van der Waals surface area contributed by atoms with Crippen molar-refractivity contribution in [3.63, 3.8) is 0 Å². The van der Waals surface area contributed by atoms with Crippen LogP contribution in [0.1, 0.15) is 26.1 Å².